The maximum atomic E-state index is 13.2. The summed E-state index contributed by atoms with van der Waals surface area (Å²) in [5.74, 6) is 0.600. The molecule has 1 saturated carbocycles. The third kappa shape index (κ3) is 5.73. The van der Waals surface area contributed by atoms with Crippen molar-refractivity contribution in [1.29, 1.82) is 0 Å². The van der Waals surface area contributed by atoms with Gasteiger partial charge in [-0.1, -0.05) is 30.6 Å². The van der Waals surface area contributed by atoms with E-state index in [1.165, 1.54) is 38.2 Å². The maximum Gasteiger partial charge on any atom is 0.265 e. The highest BCUT2D eigenvalue weighted by molar-refractivity contribution is 7.92. The number of sulfonamides is 1. The van der Waals surface area contributed by atoms with Crippen molar-refractivity contribution in [3.8, 4) is 22.1 Å². The Labute approximate surface area is 209 Å². The molecule has 1 aliphatic rings. The molecule has 35 heavy (non-hydrogen) atoms. The van der Waals surface area contributed by atoms with Crippen LogP contribution < -0.4 is 19.5 Å². The van der Waals surface area contributed by atoms with Gasteiger partial charge in [-0.25, -0.2) is 18.4 Å². The van der Waals surface area contributed by atoms with Crippen LogP contribution in [-0.4, -0.2) is 38.5 Å². The van der Waals surface area contributed by atoms with E-state index in [2.05, 4.69) is 20.0 Å². The minimum Gasteiger partial charge on any atom is -0.495 e. The molecule has 1 amide bonds. The molecule has 9 nitrogen and oxygen atoms in total. The number of ether oxygens (including phenoxy) is 2. The molecule has 0 radical (unpaired) electrons. The lowest BCUT2D eigenvalue weighted by Gasteiger charge is -2.19. The Balaban J connectivity index is 1.60. The van der Waals surface area contributed by atoms with E-state index in [1.807, 2.05) is 6.92 Å². The number of carbonyl (C=O) groups is 1. The molecule has 1 fully saturated rings. The van der Waals surface area contributed by atoms with Crippen LogP contribution in [0, 0.1) is 12.8 Å². The van der Waals surface area contributed by atoms with E-state index in [4.69, 9.17) is 9.47 Å². The quantitative estimate of drug-likeness (QED) is 0.439. The van der Waals surface area contributed by atoms with Gasteiger partial charge in [0.25, 0.3) is 10.0 Å². The van der Waals surface area contributed by atoms with E-state index < -0.39 is 10.0 Å². The van der Waals surface area contributed by atoms with Gasteiger partial charge in [0, 0.05) is 12.0 Å². The molecule has 2 aromatic heterocycles. The summed E-state index contributed by atoms with van der Waals surface area (Å²) in [5.41, 5.74) is 1.65. The Morgan fingerprint density at radius 3 is 2.51 bits per heavy atom. The predicted octanol–water partition coefficient (Wildman–Crippen LogP) is 4.85. The molecule has 3 aromatic rings. The molecule has 1 aliphatic carbocycles. The van der Waals surface area contributed by atoms with Crippen molar-refractivity contribution in [2.75, 3.05) is 24.3 Å². The van der Waals surface area contributed by atoms with Crippen LogP contribution in [0.5, 0.6) is 11.6 Å². The topological polar surface area (TPSA) is 120 Å². The summed E-state index contributed by atoms with van der Waals surface area (Å²) in [6.07, 6.45) is 6.50. The molecule has 0 bridgehead atoms. The average molecular weight is 517 g/mol. The van der Waals surface area contributed by atoms with Crippen molar-refractivity contribution in [3.05, 3.63) is 42.2 Å². The normalized spacial score (nSPS) is 14.4. The van der Waals surface area contributed by atoms with E-state index in [1.54, 1.807) is 30.3 Å². The highest BCUT2D eigenvalue weighted by atomic mass is 32.2. The van der Waals surface area contributed by atoms with Crippen molar-refractivity contribution in [3.63, 3.8) is 0 Å². The van der Waals surface area contributed by atoms with Gasteiger partial charge in [0.15, 0.2) is 5.13 Å². The molecule has 2 heterocycles. The molecule has 0 atom stereocenters. The monoisotopic (exact) mass is 516 g/mol. The molecule has 2 N–H and O–H groups in total. The first-order valence-electron chi connectivity index (χ1n) is 11.3. The van der Waals surface area contributed by atoms with Gasteiger partial charge in [-0.15, -0.1) is 0 Å². The number of aryl methyl sites for hydroxylation is 1. The summed E-state index contributed by atoms with van der Waals surface area (Å²) in [6, 6.07) is 8.06. The van der Waals surface area contributed by atoms with Gasteiger partial charge in [-0.2, -0.15) is 0 Å². The Morgan fingerprint density at radius 2 is 1.86 bits per heavy atom. The number of methoxy groups -OCH3 is 2. The number of carbonyl (C=O) groups excluding carboxylic acids is 1. The standard InChI is InChI=1S/C24H28N4O5S2/c1-15-22(34-24(26-15)27-23(29)16-7-5-4-6-8-16)17-9-11-19(32-2)20(13-17)35(30,31)28-18-10-12-21(33-3)25-14-18/h9-14,16,28H,4-8H2,1-3H3,(H,26,27,29). The third-order valence-corrected chi connectivity index (χ3v) is 8.44. The SMILES string of the molecule is COc1ccc(NS(=O)(=O)c2cc(-c3sc(NC(=O)C4CCCCC4)nc3C)ccc2OC)cn1. The van der Waals surface area contributed by atoms with Crippen LogP contribution >= 0.6 is 11.3 Å². The maximum absolute atomic E-state index is 13.2. The van der Waals surface area contributed by atoms with E-state index >= 15 is 0 Å². The molecule has 1 aromatic carbocycles. The number of nitrogens with zero attached hydrogens (tertiary/aromatic N) is 2. The van der Waals surface area contributed by atoms with E-state index in [-0.39, 0.29) is 22.5 Å². The number of hydrogen-bond acceptors (Lipinski definition) is 8. The molecular weight excluding hydrogens is 488 g/mol. The fourth-order valence-electron chi connectivity index (χ4n) is 4.09. The van der Waals surface area contributed by atoms with Gasteiger partial charge in [0.1, 0.15) is 10.6 Å². The first-order valence-corrected chi connectivity index (χ1v) is 13.6. The van der Waals surface area contributed by atoms with Crippen molar-refractivity contribution < 1.29 is 22.7 Å². The Hall–Kier alpha value is -3.18. The Morgan fingerprint density at radius 1 is 1.09 bits per heavy atom. The molecule has 0 spiro atoms. The average Bonchev–Trinajstić information content (AvgIpc) is 3.24. The van der Waals surface area contributed by atoms with Crippen LogP contribution in [-0.2, 0) is 14.8 Å². The van der Waals surface area contributed by atoms with Crippen LogP contribution in [0.25, 0.3) is 10.4 Å². The lowest BCUT2D eigenvalue weighted by molar-refractivity contribution is -0.120. The molecule has 0 unspecified atom stereocenters. The molecule has 0 saturated heterocycles. The number of nitrogens with one attached hydrogen (secondary N) is 2. The van der Waals surface area contributed by atoms with Crippen LogP contribution in [0.1, 0.15) is 37.8 Å². The number of amides is 1. The fourth-order valence-corrected chi connectivity index (χ4v) is 6.29. The number of thiazole rings is 1. The number of anilines is 2. The summed E-state index contributed by atoms with van der Waals surface area (Å²) in [5, 5.41) is 3.46. The molecule has 4 rings (SSSR count). The molecule has 0 aliphatic heterocycles. The number of hydrogen-bond donors (Lipinski definition) is 2. The smallest absolute Gasteiger partial charge is 0.265 e. The zero-order chi connectivity index (χ0) is 25.0. The van der Waals surface area contributed by atoms with Crippen LogP contribution in [0.2, 0.25) is 0 Å². The Bertz CT molecular complexity index is 1300. The van der Waals surface area contributed by atoms with Crippen molar-refractivity contribution in [2.24, 2.45) is 5.92 Å². The number of pyridine rings is 1. The molecular formula is C24H28N4O5S2. The van der Waals surface area contributed by atoms with Gasteiger partial charge in [0.05, 0.1) is 36.7 Å². The van der Waals surface area contributed by atoms with Gasteiger partial charge in [-0.3, -0.25) is 9.52 Å². The first kappa shape index (κ1) is 24.9. The zero-order valence-corrected chi connectivity index (χ0v) is 21.5. The van der Waals surface area contributed by atoms with Crippen LogP contribution in [0.3, 0.4) is 0 Å². The summed E-state index contributed by atoms with van der Waals surface area (Å²) < 4.78 is 39.3. The van der Waals surface area contributed by atoms with Crippen molar-refractivity contribution in [2.45, 2.75) is 43.9 Å². The number of benzene rings is 1. The van der Waals surface area contributed by atoms with Crippen LogP contribution in [0.4, 0.5) is 10.8 Å². The number of rotatable bonds is 8. The van der Waals surface area contributed by atoms with Gasteiger partial charge >= 0.3 is 0 Å². The Kier molecular flexibility index (Phi) is 7.56. The largest absolute Gasteiger partial charge is 0.495 e. The van der Waals surface area contributed by atoms with Crippen LogP contribution in [0.15, 0.2) is 41.4 Å². The van der Waals surface area contributed by atoms with Crippen molar-refractivity contribution >= 4 is 38.1 Å². The molecule has 186 valence electrons. The summed E-state index contributed by atoms with van der Waals surface area (Å²) in [6.45, 7) is 1.84. The summed E-state index contributed by atoms with van der Waals surface area (Å²) in [7, 11) is -1.09. The highest BCUT2D eigenvalue weighted by Gasteiger charge is 2.24. The van der Waals surface area contributed by atoms with Gasteiger partial charge in [0.2, 0.25) is 11.8 Å². The van der Waals surface area contributed by atoms with Gasteiger partial charge in [-0.05, 0) is 49.6 Å². The molecule has 11 heteroatoms. The minimum absolute atomic E-state index is 0.000277. The van der Waals surface area contributed by atoms with Crippen molar-refractivity contribution in [1.82, 2.24) is 9.97 Å². The minimum atomic E-state index is -3.99. The summed E-state index contributed by atoms with van der Waals surface area (Å²) >= 11 is 1.32. The second kappa shape index (κ2) is 10.6. The number of aromatic nitrogens is 2. The zero-order valence-electron chi connectivity index (χ0n) is 19.8. The second-order valence-corrected chi connectivity index (χ2v) is 11.0. The third-order valence-electron chi connectivity index (χ3n) is 5.92. The highest BCUT2D eigenvalue weighted by Crippen LogP contribution is 2.37. The predicted molar refractivity (Wildman–Crippen MR) is 136 cm³/mol. The lowest BCUT2D eigenvalue weighted by Crippen LogP contribution is -2.24. The lowest BCUT2D eigenvalue weighted by atomic mass is 9.89. The van der Waals surface area contributed by atoms with E-state index in [0.717, 1.165) is 30.6 Å². The van der Waals surface area contributed by atoms with E-state index in [9.17, 15) is 13.2 Å². The fraction of sp³-hybridized carbons (Fsp3) is 0.375. The summed E-state index contributed by atoms with van der Waals surface area (Å²) in [4.78, 5) is 21.9. The first-order chi connectivity index (χ1) is 16.8. The second-order valence-electron chi connectivity index (χ2n) is 8.32. The van der Waals surface area contributed by atoms with E-state index in [0.29, 0.717) is 28.0 Å². The van der Waals surface area contributed by atoms with Gasteiger partial charge < -0.3 is 14.8 Å².